The molecule has 1 aliphatic heterocycles. The number of hydrogen-bond acceptors (Lipinski definition) is 4. The molecule has 1 N–H and O–H groups in total. The van der Waals surface area contributed by atoms with Gasteiger partial charge in [-0.2, -0.15) is 0 Å². The van der Waals surface area contributed by atoms with Crippen LogP contribution in [0.2, 0.25) is 0 Å². The minimum Gasteiger partial charge on any atom is -0.389 e. The lowest BCUT2D eigenvalue weighted by molar-refractivity contribution is -0.134. The predicted molar refractivity (Wildman–Crippen MR) is 75.0 cm³/mol. The number of aliphatic hydroxyl groups is 1. The van der Waals surface area contributed by atoms with Crippen molar-refractivity contribution < 1.29 is 14.6 Å². The lowest BCUT2D eigenvalue weighted by Gasteiger charge is -2.37. The summed E-state index contributed by atoms with van der Waals surface area (Å²) in [5.41, 5.74) is -0.666. The van der Waals surface area contributed by atoms with Gasteiger partial charge in [0.2, 0.25) is 5.91 Å². The Balaban J connectivity index is 2.20. The third-order valence-electron chi connectivity index (χ3n) is 3.14. The Bertz CT molecular complexity index is 268. The van der Waals surface area contributed by atoms with Crippen molar-refractivity contribution in [2.24, 2.45) is 0 Å². The molecule has 1 saturated heterocycles. The number of piperazine rings is 1. The highest BCUT2D eigenvalue weighted by Gasteiger charge is 2.24. The number of carbonyl (C=O) groups excluding carboxylic acids is 1. The number of amides is 1. The molecule has 0 bridgehead atoms. The number of nitrogens with zero attached hydrogens (tertiary/aromatic N) is 2. The van der Waals surface area contributed by atoms with Crippen LogP contribution in [0.15, 0.2) is 0 Å². The SMILES string of the molecule is CCCOCCC(=O)N1CCN(CC(C)(C)O)CC1. The number of carbonyl (C=O) groups is 1. The normalized spacial score (nSPS) is 17.8. The van der Waals surface area contributed by atoms with Crippen LogP contribution in [0.3, 0.4) is 0 Å². The van der Waals surface area contributed by atoms with Gasteiger partial charge < -0.3 is 14.7 Å². The summed E-state index contributed by atoms with van der Waals surface area (Å²) in [6.07, 6.45) is 1.47. The van der Waals surface area contributed by atoms with Crippen LogP contribution in [0.25, 0.3) is 0 Å². The van der Waals surface area contributed by atoms with Crippen molar-refractivity contribution in [1.82, 2.24) is 9.80 Å². The molecule has 19 heavy (non-hydrogen) atoms. The van der Waals surface area contributed by atoms with E-state index in [1.807, 2.05) is 18.7 Å². The van der Waals surface area contributed by atoms with Gasteiger partial charge in [-0.05, 0) is 20.3 Å². The first-order valence-electron chi connectivity index (χ1n) is 7.22. The fourth-order valence-electron chi connectivity index (χ4n) is 2.27. The maximum Gasteiger partial charge on any atom is 0.224 e. The zero-order chi connectivity index (χ0) is 14.3. The van der Waals surface area contributed by atoms with Gasteiger partial charge in [-0.3, -0.25) is 9.69 Å². The van der Waals surface area contributed by atoms with Crippen molar-refractivity contribution >= 4 is 5.91 Å². The number of hydrogen-bond donors (Lipinski definition) is 1. The molecular weight excluding hydrogens is 244 g/mol. The highest BCUT2D eigenvalue weighted by atomic mass is 16.5. The highest BCUT2D eigenvalue weighted by molar-refractivity contribution is 5.76. The fraction of sp³-hybridized carbons (Fsp3) is 0.929. The molecule has 0 radical (unpaired) electrons. The van der Waals surface area contributed by atoms with E-state index < -0.39 is 5.60 Å². The Hall–Kier alpha value is -0.650. The molecule has 112 valence electrons. The van der Waals surface area contributed by atoms with Gasteiger partial charge in [-0.15, -0.1) is 0 Å². The standard InChI is InChI=1S/C14H28N2O3/c1-4-10-19-11-5-13(17)16-8-6-15(7-9-16)12-14(2,3)18/h18H,4-12H2,1-3H3. The minimum atomic E-state index is -0.666. The third-order valence-corrected chi connectivity index (χ3v) is 3.14. The number of β-amino-alcohol motifs (C(OH)–C–C–N with tert-alkyl or cyclic N) is 1. The largest absolute Gasteiger partial charge is 0.389 e. The van der Waals surface area contributed by atoms with E-state index >= 15 is 0 Å². The number of ether oxygens (including phenoxy) is 1. The molecule has 5 heteroatoms. The molecule has 1 rings (SSSR count). The zero-order valence-electron chi connectivity index (χ0n) is 12.5. The van der Waals surface area contributed by atoms with Gasteiger partial charge in [0.05, 0.1) is 18.6 Å². The monoisotopic (exact) mass is 272 g/mol. The molecule has 0 aromatic heterocycles. The second kappa shape index (κ2) is 7.82. The van der Waals surface area contributed by atoms with Gasteiger partial charge in [-0.1, -0.05) is 6.92 Å². The van der Waals surface area contributed by atoms with Crippen molar-refractivity contribution in [3.63, 3.8) is 0 Å². The van der Waals surface area contributed by atoms with E-state index in [2.05, 4.69) is 11.8 Å². The first-order chi connectivity index (χ1) is 8.92. The van der Waals surface area contributed by atoms with Crippen LogP contribution in [0.1, 0.15) is 33.6 Å². The van der Waals surface area contributed by atoms with Gasteiger partial charge in [0.15, 0.2) is 0 Å². The molecule has 0 aliphatic carbocycles. The first-order valence-corrected chi connectivity index (χ1v) is 7.22. The first kappa shape index (κ1) is 16.4. The minimum absolute atomic E-state index is 0.180. The van der Waals surface area contributed by atoms with Crippen molar-refractivity contribution in [2.75, 3.05) is 45.9 Å². The van der Waals surface area contributed by atoms with Crippen LogP contribution >= 0.6 is 0 Å². The molecule has 5 nitrogen and oxygen atoms in total. The Morgan fingerprint density at radius 2 is 1.84 bits per heavy atom. The van der Waals surface area contributed by atoms with Gasteiger partial charge in [0, 0.05) is 39.3 Å². The molecule has 1 aliphatic rings. The van der Waals surface area contributed by atoms with Crippen LogP contribution in [-0.4, -0.2) is 72.4 Å². The lowest BCUT2D eigenvalue weighted by atomic mass is 10.1. The second-order valence-corrected chi connectivity index (χ2v) is 5.83. The fourth-order valence-corrected chi connectivity index (χ4v) is 2.27. The van der Waals surface area contributed by atoms with Crippen molar-refractivity contribution in [2.45, 2.75) is 39.2 Å². The van der Waals surface area contributed by atoms with E-state index in [0.29, 0.717) is 19.6 Å². The van der Waals surface area contributed by atoms with Gasteiger partial charge in [0.25, 0.3) is 0 Å². The van der Waals surface area contributed by atoms with Crippen molar-refractivity contribution in [3.8, 4) is 0 Å². The molecule has 1 amide bonds. The summed E-state index contributed by atoms with van der Waals surface area (Å²) in [6.45, 7) is 10.8. The van der Waals surface area contributed by atoms with E-state index in [9.17, 15) is 9.90 Å². The molecule has 1 heterocycles. The van der Waals surface area contributed by atoms with Crippen LogP contribution < -0.4 is 0 Å². The van der Waals surface area contributed by atoms with Crippen LogP contribution in [0.4, 0.5) is 0 Å². The average molecular weight is 272 g/mol. The molecular formula is C14H28N2O3. The zero-order valence-corrected chi connectivity index (χ0v) is 12.5. The molecule has 0 unspecified atom stereocenters. The average Bonchev–Trinajstić information content (AvgIpc) is 2.33. The van der Waals surface area contributed by atoms with Crippen LogP contribution in [-0.2, 0) is 9.53 Å². The molecule has 0 spiro atoms. The molecule has 0 atom stereocenters. The van der Waals surface area contributed by atoms with E-state index in [4.69, 9.17) is 4.74 Å². The van der Waals surface area contributed by atoms with Crippen LogP contribution in [0.5, 0.6) is 0 Å². The summed E-state index contributed by atoms with van der Waals surface area (Å²) < 4.78 is 5.34. The smallest absolute Gasteiger partial charge is 0.224 e. The Morgan fingerprint density at radius 1 is 1.21 bits per heavy atom. The third kappa shape index (κ3) is 6.89. The topological polar surface area (TPSA) is 53.0 Å². The molecule has 0 aromatic rings. The van der Waals surface area contributed by atoms with E-state index in [0.717, 1.165) is 39.2 Å². The summed E-state index contributed by atoms with van der Waals surface area (Å²) >= 11 is 0. The summed E-state index contributed by atoms with van der Waals surface area (Å²) in [5, 5.41) is 9.77. The Morgan fingerprint density at radius 3 is 2.37 bits per heavy atom. The van der Waals surface area contributed by atoms with Crippen LogP contribution in [0, 0.1) is 0 Å². The summed E-state index contributed by atoms with van der Waals surface area (Å²) in [4.78, 5) is 16.0. The van der Waals surface area contributed by atoms with Gasteiger partial charge >= 0.3 is 0 Å². The van der Waals surface area contributed by atoms with Gasteiger partial charge in [0.1, 0.15) is 0 Å². The van der Waals surface area contributed by atoms with E-state index in [1.54, 1.807) is 0 Å². The molecule has 0 saturated carbocycles. The summed E-state index contributed by atoms with van der Waals surface area (Å²) in [5.74, 6) is 0.180. The maximum atomic E-state index is 11.9. The molecule has 0 aromatic carbocycles. The van der Waals surface area contributed by atoms with E-state index in [1.165, 1.54) is 0 Å². The van der Waals surface area contributed by atoms with Gasteiger partial charge in [-0.25, -0.2) is 0 Å². The summed E-state index contributed by atoms with van der Waals surface area (Å²) in [7, 11) is 0. The highest BCUT2D eigenvalue weighted by Crippen LogP contribution is 2.09. The summed E-state index contributed by atoms with van der Waals surface area (Å²) in [6, 6.07) is 0. The quantitative estimate of drug-likeness (QED) is 0.694. The van der Waals surface area contributed by atoms with Crippen molar-refractivity contribution in [3.05, 3.63) is 0 Å². The molecule has 1 fully saturated rings. The van der Waals surface area contributed by atoms with Crippen molar-refractivity contribution in [1.29, 1.82) is 0 Å². The number of rotatable bonds is 7. The Kier molecular flexibility index (Phi) is 6.75. The lowest BCUT2D eigenvalue weighted by Crippen LogP contribution is -2.52. The maximum absolute atomic E-state index is 11.9. The Labute approximate surface area is 116 Å². The predicted octanol–water partition coefficient (Wildman–Crippen LogP) is 0.718. The second-order valence-electron chi connectivity index (χ2n) is 5.83. The van der Waals surface area contributed by atoms with E-state index in [-0.39, 0.29) is 5.91 Å².